The molecule has 0 aliphatic carbocycles. The van der Waals surface area contributed by atoms with E-state index in [1.807, 2.05) is 6.92 Å². The molecule has 1 heterocycles. The van der Waals surface area contributed by atoms with Crippen LogP contribution in [0, 0.1) is 6.92 Å². The highest BCUT2D eigenvalue weighted by molar-refractivity contribution is 7.92. The minimum absolute atomic E-state index is 0.0674. The summed E-state index contributed by atoms with van der Waals surface area (Å²) in [4.78, 5) is 27.7. The average Bonchev–Trinajstić information content (AvgIpc) is 3.00. The molecule has 3 aromatic rings. The third-order valence-corrected chi connectivity index (χ3v) is 5.78. The van der Waals surface area contributed by atoms with Gasteiger partial charge in [0, 0.05) is 10.9 Å². The van der Waals surface area contributed by atoms with Gasteiger partial charge in [0.05, 0.1) is 17.2 Å². The molecule has 0 atom stereocenters. The number of benzene rings is 2. The number of carbonyl (C=O) groups excluding carboxylic acids is 2. The Hall–Kier alpha value is -3.13. The second-order valence-corrected chi connectivity index (χ2v) is 8.25. The van der Waals surface area contributed by atoms with Crippen molar-refractivity contribution < 1.29 is 22.7 Å². The van der Waals surface area contributed by atoms with Crippen LogP contribution in [0.4, 0.5) is 5.69 Å². The zero-order valence-electron chi connectivity index (χ0n) is 15.5. The van der Waals surface area contributed by atoms with Crippen LogP contribution in [0.5, 0.6) is 0 Å². The minimum atomic E-state index is -3.81. The van der Waals surface area contributed by atoms with Gasteiger partial charge >= 0.3 is 5.97 Å². The van der Waals surface area contributed by atoms with Gasteiger partial charge in [0.2, 0.25) is 5.91 Å². The first-order chi connectivity index (χ1) is 13.3. The Morgan fingerprint density at radius 2 is 1.75 bits per heavy atom. The van der Waals surface area contributed by atoms with Crippen molar-refractivity contribution in [3.8, 4) is 0 Å². The molecule has 146 valence electrons. The van der Waals surface area contributed by atoms with Crippen LogP contribution in [0.15, 0.2) is 53.4 Å². The lowest BCUT2D eigenvalue weighted by Crippen LogP contribution is -2.24. The molecule has 0 bridgehead atoms. The quantitative estimate of drug-likeness (QED) is 0.619. The topological polar surface area (TPSA) is 105 Å². The van der Waals surface area contributed by atoms with Crippen molar-refractivity contribution in [3.63, 3.8) is 0 Å². The van der Waals surface area contributed by atoms with Crippen LogP contribution < -0.4 is 5.32 Å². The fraction of sp³-hybridized carbons (Fsp3) is 0.200. The van der Waals surface area contributed by atoms with E-state index >= 15 is 0 Å². The molecule has 7 nitrogen and oxygen atoms in total. The largest absolute Gasteiger partial charge is 0.461 e. The number of H-pyrrole nitrogens is 1. The summed E-state index contributed by atoms with van der Waals surface area (Å²) < 4.78 is 30.0. The number of aromatic amines is 1. The summed E-state index contributed by atoms with van der Waals surface area (Å²) in [5, 5.41) is 3.15. The number of ether oxygens (including phenoxy) is 1. The van der Waals surface area contributed by atoms with E-state index in [0.717, 1.165) is 5.56 Å². The SMILES string of the molecule is CCOC(=O)c1[nH]c2ccccc2c1NC(=O)CS(=O)(=O)c1ccc(C)cc1. The lowest BCUT2D eigenvalue weighted by Gasteiger charge is -2.08. The number of rotatable bonds is 6. The first kappa shape index (κ1) is 19.6. The van der Waals surface area contributed by atoms with Gasteiger partial charge in [-0.15, -0.1) is 0 Å². The monoisotopic (exact) mass is 400 g/mol. The van der Waals surface area contributed by atoms with Crippen LogP contribution in [-0.4, -0.2) is 37.6 Å². The number of hydrogen-bond donors (Lipinski definition) is 2. The average molecular weight is 400 g/mol. The van der Waals surface area contributed by atoms with Crippen LogP contribution in [0.1, 0.15) is 23.0 Å². The van der Waals surface area contributed by atoms with Gasteiger partial charge in [-0.2, -0.15) is 0 Å². The van der Waals surface area contributed by atoms with E-state index < -0.39 is 27.5 Å². The molecule has 0 radical (unpaired) electrons. The van der Waals surface area contributed by atoms with Gasteiger partial charge in [0.15, 0.2) is 9.84 Å². The first-order valence-corrected chi connectivity index (χ1v) is 10.3. The number of carbonyl (C=O) groups is 2. The Balaban J connectivity index is 1.89. The van der Waals surface area contributed by atoms with Crippen LogP contribution in [0.3, 0.4) is 0 Å². The summed E-state index contributed by atoms with van der Waals surface area (Å²) in [7, 11) is -3.81. The number of aromatic nitrogens is 1. The second-order valence-electron chi connectivity index (χ2n) is 6.26. The molecule has 0 unspecified atom stereocenters. The molecule has 3 rings (SSSR count). The highest BCUT2D eigenvalue weighted by atomic mass is 32.2. The Labute approximate surface area is 162 Å². The van der Waals surface area contributed by atoms with Crippen molar-refractivity contribution >= 4 is 38.3 Å². The van der Waals surface area contributed by atoms with Crippen LogP contribution in [0.2, 0.25) is 0 Å². The predicted octanol–water partition coefficient (Wildman–Crippen LogP) is 3.07. The highest BCUT2D eigenvalue weighted by Crippen LogP contribution is 2.28. The van der Waals surface area contributed by atoms with Crippen molar-refractivity contribution in [1.82, 2.24) is 4.98 Å². The van der Waals surface area contributed by atoms with E-state index in [4.69, 9.17) is 4.74 Å². The van der Waals surface area contributed by atoms with Crippen molar-refractivity contribution in [1.29, 1.82) is 0 Å². The van der Waals surface area contributed by atoms with Crippen LogP contribution in [0.25, 0.3) is 10.9 Å². The maximum Gasteiger partial charge on any atom is 0.356 e. The van der Waals surface area contributed by atoms with E-state index in [0.29, 0.717) is 10.9 Å². The number of amides is 1. The van der Waals surface area contributed by atoms with Gasteiger partial charge in [-0.25, -0.2) is 13.2 Å². The van der Waals surface area contributed by atoms with E-state index in [1.165, 1.54) is 12.1 Å². The van der Waals surface area contributed by atoms with Crippen molar-refractivity contribution in [2.75, 3.05) is 17.7 Å². The normalized spacial score (nSPS) is 11.4. The number of para-hydroxylation sites is 1. The Kier molecular flexibility index (Phi) is 5.51. The standard InChI is InChI=1S/C20H20N2O5S/c1-3-27-20(24)19-18(15-6-4-5-7-16(15)21-19)22-17(23)12-28(25,26)14-10-8-13(2)9-11-14/h4-11,21H,3,12H2,1-2H3,(H,22,23). The molecule has 0 fully saturated rings. The van der Waals surface area contributed by atoms with E-state index in [9.17, 15) is 18.0 Å². The molecule has 0 spiro atoms. The van der Waals surface area contributed by atoms with Gasteiger partial charge in [0.25, 0.3) is 0 Å². The highest BCUT2D eigenvalue weighted by Gasteiger charge is 2.24. The third kappa shape index (κ3) is 4.07. The second kappa shape index (κ2) is 7.85. The summed E-state index contributed by atoms with van der Waals surface area (Å²) in [6.07, 6.45) is 0. The Morgan fingerprint density at radius 3 is 2.43 bits per heavy atom. The smallest absolute Gasteiger partial charge is 0.356 e. The molecule has 2 N–H and O–H groups in total. The maximum absolute atomic E-state index is 12.5. The van der Waals surface area contributed by atoms with Gasteiger partial charge in [0.1, 0.15) is 11.4 Å². The molecule has 28 heavy (non-hydrogen) atoms. The Bertz CT molecular complexity index is 1130. The van der Waals surface area contributed by atoms with Gasteiger partial charge in [-0.05, 0) is 32.0 Å². The lowest BCUT2D eigenvalue weighted by atomic mass is 10.2. The summed E-state index contributed by atoms with van der Waals surface area (Å²) in [5.41, 5.74) is 1.82. The molecule has 0 aliphatic heterocycles. The summed E-state index contributed by atoms with van der Waals surface area (Å²) in [5.74, 6) is -2.11. The zero-order chi connectivity index (χ0) is 20.3. The van der Waals surface area contributed by atoms with E-state index in [1.54, 1.807) is 43.3 Å². The molecular formula is C20H20N2O5S. The summed E-state index contributed by atoms with van der Waals surface area (Å²) in [6.45, 7) is 3.69. The van der Waals surface area contributed by atoms with Gasteiger partial charge in [-0.1, -0.05) is 35.9 Å². The number of anilines is 1. The summed E-state index contributed by atoms with van der Waals surface area (Å²) >= 11 is 0. The number of fused-ring (bicyclic) bond motifs is 1. The summed E-state index contributed by atoms with van der Waals surface area (Å²) in [6, 6.07) is 13.3. The van der Waals surface area contributed by atoms with Gasteiger partial charge < -0.3 is 15.0 Å². The van der Waals surface area contributed by atoms with Crippen molar-refractivity contribution in [3.05, 3.63) is 59.8 Å². The van der Waals surface area contributed by atoms with Crippen LogP contribution >= 0.6 is 0 Å². The van der Waals surface area contributed by atoms with Crippen molar-refractivity contribution in [2.24, 2.45) is 0 Å². The number of nitrogens with one attached hydrogen (secondary N) is 2. The van der Waals surface area contributed by atoms with Crippen LogP contribution in [-0.2, 0) is 19.4 Å². The third-order valence-electron chi connectivity index (χ3n) is 4.15. The van der Waals surface area contributed by atoms with E-state index in [2.05, 4.69) is 10.3 Å². The van der Waals surface area contributed by atoms with Crippen molar-refractivity contribution in [2.45, 2.75) is 18.7 Å². The fourth-order valence-corrected chi connectivity index (χ4v) is 3.94. The number of sulfone groups is 1. The first-order valence-electron chi connectivity index (χ1n) is 8.69. The molecule has 8 heteroatoms. The van der Waals surface area contributed by atoms with E-state index in [-0.39, 0.29) is 22.9 Å². The fourth-order valence-electron chi connectivity index (χ4n) is 2.81. The molecule has 0 saturated heterocycles. The number of esters is 1. The predicted molar refractivity (Wildman–Crippen MR) is 106 cm³/mol. The minimum Gasteiger partial charge on any atom is -0.461 e. The molecule has 0 aliphatic rings. The lowest BCUT2D eigenvalue weighted by molar-refractivity contribution is -0.113. The number of hydrogen-bond acceptors (Lipinski definition) is 5. The Morgan fingerprint density at radius 1 is 1.07 bits per heavy atom. The van der Waals surface area contributed by atoms with Gasteiger partial charge in [-0.3, -0.25) is 4.79 Å². The molecule has 2 aromatic carbocycles. The molecule has 1 amide bonds. The molecular weight excluding hydrogens is 380 g/mol. The molecule has 0 saturated carbocycles. The maximum atomic E-state index is 12.5. The number of aryl methyl sites for hydroxylation is 1. The zero-order valence-corrected chi connectivity index (χ0v) is 16.3. The molecule has 1 aromatic heterocycles.